The zero-order chi connectivity index (χ0) is 12.3. The van der Waals surface area contributed by atoms with Gasteiger partial charge in [-0.05, 0) is 37.5 Å². The maximum absolute atomic E-state index is 11.5. The molecular formula is C13H25N3O. The molecule has 0 aliphatic heterocycles. The van der Waals surface area contributed by atoms with Crippen molar-refractivity contribution in [2.45, 2.75) is 38.1 Å². The molecule has 0 heterocycles. The summed E-state index contributed by atoms with van der Waals surface area (Å²) < 4.78 is 0. The first-order valence-electron chi connectivity index (χ1n) is 6.87. The molecule has 4 nitrogen and oxygen atoms in total. The molecule has 0 spiro atoms. The fourth-order valence-corrected chi connectivity index (χ4v) is 2.31. The van der Waals surface area contributed by atoms with Gasteiger partial charge in [0.2, 0.25) is 5.91 Å². The van der Waals surface area contributed by atoms with E-state index < -0.39 is 0 Å². The van der Waals surface area contributed by atoms with Gasteiger partial charge in [-0.2, -0.15) is 0 Å². The summed E-state index contributed by atoms with van der Waals surface area (Å²) in [6.45, 7) is 2.89. The predicted octanol–water partition coefficient (Wildman–Crippen LogP) is 0.572. The number of nitrogens with zero attached hydrogens (tertiary/aromatic N) is 1. The van der Waals surface area contributed by atoms with Crippen molar-refractivity contribution in [2.24, 2.45) is 17.6 Å². The minimum atomic E-state index is 0.108. The van der Waals surface area contributed by atoms with Gasteiger partial charge in [-0.15, -0.1) is 0 Å². The minimum Gasteiger partial charge on any atom is -0.359 e. The molecular weight excluding hydrogens is 214 g/mol. The van der Waals surface area contributed by atoms with E-state index in [2.05, 4.69) is 10.2 Å². The third kappa shape index (κ3) is 4.28. The van der Waals surface area contributed by atoms with Gasteiger partial charge in [0.25, 0.3) is 0 Å². The second-order valence-corrected chi connectivity index (χ2v) is 5.61. The van der Waals surface area contributed by atoms with Gasteiger partial charge in [-0.3, -0.25) is 9.69 Å². The van der Waals surface area contributed by atoms with Crippen molar-refractivity contribution in [2.75, 3.05) is 26.7 Å². The molecule has 98 valence electrons. The predicted molar refractivity (Wildman–Crippen MR) is 68.5 cm³/mol. The van der Waals surface area contributed by atoms with Crippen LogP contribution in [0.2, 0.25) is 0 Å². The van der Waals surface area contributed by atoms with E-state index in [-0.39, 0.29) is 11.9 Å². The first kappa shape index (κ1) is 12.8. The highest BCUT2D eigenvalue weighted by molar-refractivity contribution is 5.76. The molecule has 0 aromatic rings. The van der Waals surface area contributed by atoms with E-state index in [1.807, 2.05) is 0 Å². The zero-order valence-corrected chi connectivity index (χ0v) is 10.8. The Morgan fingerprint density at radius 2 is 1.82 bits per heavy atom. The highest BCUT2D eigenvalue weighted by atomic mass is 16.1. The molecule has 2 aliphatic carbocycles. The molecule has 0 saturated heterocycles. The molecule has 3 N–H and O–H groups in total. The van der Waals surface area contributed by atoms with E-state index in [0.29, 0.717) is 13.0 Å². The lowest BCUT2D eigenvalue weighted by Crippen LogP contribution is -2.45. The maximum Gasteiger partial charge on any atom is 0.221 e. The molecule has 0 bridgehead atoms. The lowest BCUT2D eigenvalue weighted by Gasteiger charge is -2.30. The number of hydrogen-bond acceptors (Lipinski definition) is 3. The summed E-state index contributed by atoms with van der Waals surface area (Å²) in [6, 6.07) is 0.233. The topological polar surface area (TPSA) is 58.4 Å². The Morgan fingerprint density at radius 1 is 1.29 bits per heavy atom. The third-order valence-electron chi connectivity index (χ3n) is 3.87. The van der Waals surface area contributed by atoms with Crippen LogP contribution in [-0.2, 0) is 4.79 Å². The number of amides is 1. The quantitative estimate of drug-likeness (QED) is 0.651. The number of nitrogens with two attached hydrogens (primary N) is 1. The summed E-state index contributed by atoms with van der Waals surface area (Å²) in [7, 11) is 1.70. The van der Waals surface area contributed by atoms with E-state index >= 15 is 0 Å². The van der Waals surface area contributed by atoms with Gasteiger partial charge in [0.1, 0.15) is 0 Å². The van der Waals surface area contributed by atoms with Crippen molar-refractivity contribution in [1.82, 2.24) is 10.2 Å². The van der Waals surface area contributed by atoms with Crippen LogP contribution in [0.3, 0.4) is 0 Å². The Morgan fingerprint density at radius 3 is 2.18 bits per heavy atom. The Hall–Kier alpha value is -0.610. The third-order valence-corrected chi connectivity index (χ3v) is 3.87. The SMILES string of the molecule is CNC(=O)CC(CN)N(CC1CC1)CC1CC1. The molecule has 0 aromatic heterocycles. The maximum atomic E-state index is 11.5. The van der Waals surface area contributed by atoms with Crippen LogP contribution in [0.25, 0.3) is 0 Å². The van der Waals surface area contributed by atoms with Crippen LogP contribution < -0.4 is 11.1 Å². The smallest absolute Gasteiger partial charge is 0.221 e. The van der Waals surface area contributed by atoms with Crippen LogP contribution in [0.15, 0.2) is 0 Å². The molecule has 0 radical (unpaired) electrons. The van der Waals surface area contributed by atoms with Gasteiger partial charge in [0, 0.05) is 39.1 Å². The monoisotopic (exact) mass is 239 g/mol. The van der Waals surface area contributed by atoms with Crippen LogP contribution in [0.5, 0.6) is 0 Å². The average molecular weight is 239 g/mol. The number of carbonyl (C=O) groups excluding carboxylic acids is 1. The highest BCUT2D eigenvalue weighted by Gasteiger charge is 2.32. The van der Waals surface area contributed by atoms with Crippen LogP contribution in [-0.4, -0.2) is 43.5 Å². The molecule has 2 saturated carbocycles. The minimum absolute atomic E-state index is 0.108. The summed E-state index contributed by atoms with van der Waals surface area (Å²) in [5, 5.41) is 2.70. The fourth-order valence-electron chi connectivity index (χ4n) is 2.31. The van der Waals surface area contributed by atoms with E-state index in [1.54, 1.807) is 7.05 Å². The van der Waals surface area contributed by atoms with Crippen LogP contribution >= 0.6 is 0 Å². The normalized spacial score (nSPS) is 21.6. The summed E-state index contributed by atoms with van der Waals surface area (Å²) in [4.78, 5) is 14.0. The Balaban J connectivity index is 1.86. The first-order valence-corrected chi connectivity index (χ1v) is 6.87. The number of carbonyl (C=O) groups is 1. The van der Waals surface area contributed by atoms with Crippen molar-refractivity contribution >= 4 is 5.91 Å². The van der Waals surface area contributed by atoms with E-state index in [4.69, 9.17) is 5.73 Å². The molecule has 17 heavy (non-hydrogen) atoms. The summed E-state index contributed by atoms with van der Waals surface area (Å²) in [5.41, 5.74) is 5.85. The molecule has 2 aliphatic rings. The fraction of sp³-hybridized carbons (Fsp3) is 0.923. The van der Waals surface area contributed by atoms with Gasteiger partial charge in [0.05, 0.1) is 0 Å². The lowest BCUT2D eigenvalue weighted by molar-refractivity contribution is -0.121. The largest absolute Gasteiger partial charge is 0.359 e. The summed E-state index contributed by atoms with van der Waals surface area (Å²) in [6.07, 6.45) is 5.99. The molecule has 0 aromatic carbocycles. The average Bonchev–Trinajstić information content (AvgIpc) is 3.19. The van der Waals surface area contributed by atoms with Crippen LogP contribution in [0.4, 0.5) is 0 Å². The van der Waals surface area contributed by atoms with Crippen molar-refractivity contribution < 1.29 is 4.79 Å². The molecule has 1 amide bonds. The molecule has 2 rings (SSSR count). The molecule has 1 unspecified atom stereocenters. The van der Waals surface area contributed by atoms with Gasteiger partial charge in [-0.25, -0.2) is 0 Å². The molecule has 1 atom stereocenters. The number of nitrogens with one attached hydrogen (secondary N) is 1. The molecule has 4 heteroatoms. The van der Waals surface area contributed by atoms with Crippen LogP contribution in [0, 0.1) is 11.8 Å². The second kappa shape index (κ2) is 5.83. The zero-order valence-electron chi connectivity index (χ0n) is 10.8. The van der Waals surface area contributed by atoms with Gasteiger partial charge < -0.3 is 11.1 Å². The Labute approximate surface area is 104 Å². The van der Waals surface area contributed by atoms with Crippen molar-refractivity contribution in [1.29, 1.82) is 0 Å². The van der Waals surface area contributed by atoms with E-state index in [1.165, 1.54) is 25.7 Å². The Kier molecular flexibility index (Phi) is 4.40. The second-order valence-electron chi connectivity index (χ2n) is 5.61. The van der Waals surface area contributed by atoms with Crippen molar-refractivity contribution in [3.63, 3.8) is 0 Å². The summed E-state index contributed by atoms with van der Waals surface area (Å²) in [5.74, 6) is 1.84. The lowest BCUT2D eigenvalue weighted by atomic mass is 10.1. The van der Waals surface area contributed by atoms with Crippen molar-refractivity contribution in [3.8, 4) is 0 Å². The highest BCUT2D eigenvalue weighted by Crippen LogP contribution is 2.34. The summed E-state index contributed by atoms with van der Waals surface area (Å²) >= 11 is 0. The van der Waals surface area contributed by atoms with Crippen LogP contribution in [0.1, 0.15) is 32.1 Å². The van der Waals surface area contributed by atoms with E-state index in [9.17, 15) is 4.79 Å². The van der Waals surface area contributed by atoms with Gasteiger partial charge >= 0.3 is 0 Å². The van der Waals surface area contributed by atoms with Crippen molar-refractivity contribution in [3.05, 3.63) is 0 Å². The number of rotatable bonds is 8. The van der Waals surface area contributed by atoms with Gasteiger partial charge in [0.15, 0.2) is 0 Å². The van der Waals surface area contributed by atoms with Gasteiger partial charge in [-0.1, -0.05) is 0 Å². The first-order chi connectivity index (χ1) is 8.22. The Bertz CT molecular complexity index is 247. The van der Waals surface area contributed by atoms with E-state index in [0.717, 1.165) is 24.9 Å². The molecule has 2 fully saturated rings. The standard InChI is InChI=1S/C13H25N3O/c1-15-13(17)6-12(7-14)16(8-10-2-3-10)9-11-4-5-11/h10-12H,2-9,14H2,1H3,(H,15,17). The number of hydrogen-bond donors (Lipinski definition) is 2.